The summed E-state index contributed by atoms with van der Waals surface area (Å²) < 4.78 is 39.5. The fourth-order valence-electron chi connectivity index (χ4n) is 7.38. The third-order valence-electron chi connectivity index (χ3n) is 11.8. The highest BCUT2D eigenvalue weighted by Crippen LogP contribution is 2.43. The molecule has 0 aliphatic heterocycles. The number of carbonyl (C=O) groups is 3. The van der Waals surface area contributed by atoms with Gasteiger partial charge in [0.15, 0.2) is 6.10 Å². The Hall–Kier alpha value is -4.12. The molecule has 0 aromatic carbocycles. The molecule has 3 atom stereocenters. The van der Waals surface area contributed by atoms with Crippen molar-refractivity contribution in [3.05, 3.63) is 122 Å². The number of unbranched alkanes of at least 4 members (excludes halogenated alkanes) is 16. The van der Waals surface area contributed by atoms with Crippen LogP contribution < -0.4 is 0 Å². The summed E-state index contributed by atoms with van der Waals surface area (Å²) in [6, 6.07) is 0. The molecule has 0 aliphatic carbocycles. The number of aliphatic hydroxyl groups is 1. The Kier molecular flexibility index (Phi) is 54.0. The van der Waals surface area contributed by atoms with Crippen molar-refractivity contribution in [2.24, 2.45) is 0 Å². The van der Waals surface area contributed by atoms with Gasteiger partial charge in [-0.2, -0.15) is 0 Å². The van der Waals surface area contributed by atoms with Gasteiger partial charge in [-0.25, -0.2) is 4.57 Å². The molecule has 432 valence electrons. The van der Waals surface area contributed by atoms with Crippen molar-refractivity contribution in [1.29, 1.82) is 0 Å². The highest BCUT2D eigenvalue weighted by atomic mass is 31.2. The smallest absolute Gasteiger partial charge is 0.462 e. The lowest BCUT2D eigenvalue weighted by atomic mass is 10.1. The summed E-state index contributed by atoms with van der Waals surface area (Å²) in [5, 5.41) is 9.82. The third kappa shape index (κ3) is 54.7. The summed E-state index contributed by atoms with van der Waals surface area (Å²) in [6.45, 7) is 4.33. The summed E-state index contributed by atoms with van der Waals surface area (Å²) in [5.41, 5.74) is 0. The molecule has 0 spiro atoms. The van der Waals surface area contributed by atoms with Crippen molar-refractivity contribution in [2.75, 3.05) is 26.4 Å². The number of aliphatic hydroxyl groups excluding tert-OH is 1. The van der Waals surface area contributed by atoms with Crippen LogP contribution in [0.25, 0.3) is 0 Å². The van der Waals surface area contributed by atoms with E-state index in [1.165, 1.54) is 25.7 Å². The second-order valence-electron chi connectivity index (χ2n) is 19.1. The van der Waals surface area contributed by atoms with Gasteiger partial charge >= 0.3 is 25.7 Å². The number of rotatable bonds is 53. The minimum atomic E-state index is -4.78. The van der Waals surface area contributed by atoms with Crippen LogP contribution in [0.3, 0.4) is 0 Å². The zero-order valence-corrected chi connectivity index (χ0v) is 48.6. The van der Waals surface area contributed by atoms with E-state index >= 15 is 0 Å². The molecular formula is C64H105O11P. The minimum Gasteiger partial charge on any atom is -0.462 e. The van der Waals surface area contributed by atoms with Crippen LogP contribution in [0, 0.1) is 0 Å². The van der Waals surface area contributed by atoms with Gasteiger partial charge < -0.3 is 24.2 Å². The predicted octanol–water partition coefficient (Wildman–Crippen LogP) is 17.6. The van der Waals surface area contributed by atoms with Gasteiger partial charge in [-0.1, -0.05) is 206 Å². The zero-order valence-electron chi connectivity index (χ0n) is 47.7. The lowest BCUT2D eigenvalue weighted by Gasteiger charge is -2.21. The number of esters is 3. The van der Waals surface area contributed by atoms with E-state index in [1.54, 1.807) is 0 Å². The average Bonchev–Trinajstić information content (AvgIpc) is 3.41. The van der Waals surface area contributed by atoms with Crippen LogP contribution in [0.5, 0.6) is 0 Å². The molecule has 0 amide bonds. The molecular weight excluding hydrogens is 976 g/mol. The van der Waals surface area contributed by atoms with Crippen LogP contribution in [-0.4, -0.2) is 66.5 Å². The fraction of sp³-hybridized carbons (Fsp3) is 0.641. The number of hydrogen-bond acceptors (Lipinski definition) is 10. The third-order valence-corrected chi connectivity index (χ3v) is 12.8. The first-order valence-corrected chi connectivity index (χ1v) is 30.9. The molecule has 0 aromatic heterocycles. The lowest BCUT2D eigenvalue weighted by Crippen LogP contribution is -2.30. The van der Waals surface area contributed by atoms with Crippen molar-refractivity contribution in [3.8, 4) is 0 Å². The van der Waals surface area contributed by atoms with Gasteiger partial charge in [0.1, 0.15) is 12.7 Å². The number of phosphoric acid groups is 1. The van der Waals surface area contributed by atoms with Crippen LogP contribution in [0.2, 0.25) is 0 Å². The van der Waals surface area contributed by atoms with Crippen LogP contribution in [0.4, 0.5) is 0 Å². The van der Waals surface area contributed by atoms with E-state index in [9.17, 15) is 28.9 Å². The maximum Gasteiger partial charge on any atom is 0.472 e. The van der Waals surface area contributed by atoms with Crippen molar-refractivity contribution in [3.63, 3.8) is 0 Å². The second-order valence-corrected chi connectivity index (χ2v) is 20.5. The van der Waals surface area contributed by atoms with Gasteiger partial charge in [0.2, 0.25) is 0 Å². The number of carbonyl (C=O) groups excluding carboxylic acids is 3. The molecule has 0 aliphatic rings. The topological polar surface area (TPSA) is 155 Å². The molecule has 0 rings (SSSR count). The highest BCUT2D eigenvalue weighted by Gasteiger charge is 2.28. The Morgan fingerprint density at radius 1 is 0.382 bits per heavy atom. The standard InChI is InChI=1S/C64H105O11P/c1-4-7-10-13-16-19-22-25-27-29-30-32-34-37-40-43-46-49-52-55-64(68)75-61(57-71-62(66)53-50-47-44-41-38-35-24-21-18-15-12-9-6-3)59-73-76(69,70)72-58-60(56-65)74-63(67)54-51-48-45-42-39-36-33-31-28-26-23-20-17-14-11-8-5-2/h8,11-12,15-17,19-21,24-28,30,32-33,36,42,45,60-61,65H,4-7,9-10,13-14,18,22-23,29,31,34-35,37-41,43-44,46-59H2,1-3H3,(H,69,70)/b11-8-,15-12-,19-16-,20-17-,24-21-,27-25-,28-26-,32-30-,36-33-,45-42-. The van der Waals surface area contributed by atoms with Crippen molar-refractivity contribution in [1.82, 2.24) is 0 Å². The van der Waals surface area contributed by atoms with Crippen LogP contribution in [0.1, 0.15) is 226 Å². The minimum absolute atomic E-state index is 0.0910. The van der Waals surface area contributed by atoms with Gasteiger partial charge in [-0.3, -0.25) is 23.4 Å². The Morgan fingerprint density at radius 2 is 0.724 bits per heavy atom. The van der Waals surface area contributed by atoms with E-state index in [0.29, 0.717) is 25.7 Å². The van der Waals surface area contributed by atoms with E-state index in [-0.39, 0.29) is 25.9 Å². The van der Waals surface area contributed by atoms with Crippen molar-refractivity contribution < 1.29 is 52.2 Å². The van der Waals surface area contributed by atoms with Crippen LogP contribution in [0.15, 0.2) is 122 Å². The van der Waals surface area contributed by atoms with Gasteiger partial charge in [0.25, 0.3) is 0 Å². The molecule has 0 radical (unpaired) electrons. The quantitative estimate of drug-likeness (QED) is 0.0197. The van der Waals surface area contributed by atoms with Gasteiger partial charge in [-0.15, -0.1) is 0 Å². The monoisotopic (exact) mass is 1080 g/mol. The van der Waals surface area contributed by atoms with E-state index < -0.39 is 57.8 Å². The fourth-order valence-corrected chi connectivity index (χ4v) is 8.16. The molecule has 11 nitrogen and oxygen atoms in total. The second kappa shape index (κ2) is 57.1. The van der Waals surface area contributed by atoms with Crippen LogP contribution in [-0.2, 0) is 42.2 Å². The molecule has 0 heterocycles. The molecule has 0 saturated carbocycles. The first-order chi connectivity index (χ1) is 37.2. The van der Waals surface area contributed by atoms with Gasteiger partial charge in [0.05, 0.1) is 19.8 Å². The van der Waals surface area contributed by atoms with Crippen molar-refractivity contribution in [2.45, 2.75) is 238 Å². The Labute approximate surface area is 462 Å². The van der Waals surface area contributed by atoms with E-state index in [0.717, 1.165) is 135 Å². The summed E-state index contributed by atoms with van der Waals surface area (Å²) in [4.78, 5) is 48.6. The van der Waals surface area contributed by atoms with E-state index in [4.69, 9.17) is 23.3 Å². The summed E-state index contributed by atoms with van der Waals surface area (Å²) >= 11 is 0. The predicted molar refractivity (Wildman–Crippen MR) is 316 cm³/mol. The Bertz CT molecular complexity index is 1740. The summed E-state index contributed by atoms with van der Waals surface area (Å²) in [7, 11) is -4.78. The Balaban J connectivity index is 4.81. The molecule has 3 unspecified atom stereocenters. The largest absolute Gasteiger partial charge is 0.472 e. The van der Waals surface area contributed by atoms with Gasteiger partial charge in [-0.05, 0) is 122 Å². The number of ether oxygens (including phenoxy) is 3. The molecule has 0 bridgehead atoms. The van der Waals surface area contributed by atoms with E-state index in [2.05, 4.69) is 130 Å². The summed E-state index contributed by atoms with van der Waals surface area (Å²) in [6.07, 6.45) is 70.1. The Morgan fingerprint density at radius 3 is 1.16 bits per heavy atom. The number of allylic oxidation sites excluding steroid dienone is 20. The van der Waals surface area contributed by atoms with Gasteiger partial charge in [0, 0.05) is 19.3 Å². The molecule has 12 heteroatoms. The first kappa shape index (κ1) is 71.9. The lowest BCUT2D eigenvalue weighted by molar-refractivity contribution is -0.161. The molecule has 0 fully saturated rings. The normalized spacial score (nSPS) is 14.2. The molecule has 0 saturated heterocycles. The molecule has 76 heavy (non-hydrogen) atoms. The zero-order chi connectivity index (χ0) is 55.5. The summed E-state index contributed by atoms with van der Waals surface area (Å²) in [5.74, 6) is -1.57. The van der Waals surface area contributed by atoms with Crippen LogP contribution >= 0.6 is 7.82 Å². The maximum absolute atomic E-state index is 12.9. The molecule has 0 aromatic rings. The van der Waals surface area contributed by atoms with Crippen molar-refractivity contribution >= 4 is 25.7 Å². The average molecular weight is 1080 g/mol. The number of hydrogen-bond donors (Lipinski definition) is 2. The SMILES string of the molecule is CC/C=C\C/C=C\C/C=C\C/C=C\C/C=C\CCCC(=O)OC(CO)COP(=O)(O)OCC(COC(=O)CCCCCCC/C=C\C/C=C\CCC)OC(=O)CCCCCCCC/C=C\C/C=C\C/C=C\CCCCC. The molecule has 2 N–H and O–H groups in total. The number of phosphoric ester groups is 1. The van der Waals surface area contributed by atoms with E-state index in [1.807, 2.05) is 12.2 Å². The first-order valence-electron chi connectivity index (χ1n) is 29.4. The maximum atomic E-state index is 12.9. The highest BCUT2D eigenvalue weighted by molar-refractivity contribution is 7.47.